The van der Waals surface area contributed by atoms with Gasteiger partial charge in [0.1, 0.15) is 5.69 Å². The standard InChI is InChI=1S/C8H12N2O2/c1-2-12-10(11)8-6-4-3-5-7(8)9/h3-6,11H,2,9H2,1H3. The van der Waals surface area contributed by atoms with Crippen LogP contribution in [0.3, 0.4) is 0 Å². The quantitative estimate of drug-likeness (QED) is 0.529. The molecule has 0 saturated carbocycles. The van der Waals surface area contributed by atoms with Gasteiger partial charge >= 0.3 is 0 Å². The van der Waals surface area contributed by atoms with Crippen molar-refractivity contribution < 1.29 is 10.0 Å². The van der Waals surface area contributed by atoms with Crippen LogP contribution in [0.15, 0.2) is 24.3 Å². The maximum absolute atomic E-state index is 9.23. The number of para-hydroxylation sites is 2. The van der Waals surface area contributed by atoms with E-state index in [2.05, 4.69) is 0 Å². The molecule has 0 spiro atoms. The topological polar surface area (TPSA) is 58.7 Å². The summed E-state index contributed by atoms with van der Waals surface area (Å²) < 4.78 is 0. The first-order chi connectivity index (χ1) is 5.75. The Morgan fingerprint density at radius 1 is 1.50 bits per heavy atom. The van der Waals surface area contributed by atoms with Crippen molar-refractivity contribution in [1.82, 2.24) is 0 Å². The van der Waals surface area contributed by atoms with E-state index in [-0.39, 0.29) is 0 Å². The molecule has 4 nitrogen and oxygen atoms in total. The number of rotatable bonds is 3. The fourth-order valence-corrected chi connectivity index (χ4v) is 0.854. The molecule has 0 aliphatic carbocycles. The number of nitrogen functional groups attached to an aromatic ring is 1. The maximum Gasteiger partial charge on any atom is 0.117 e. The van der Waals surface area contributed by atoms with Crippen LogP contribution in [0.1, 0.15) is 6.92 Å². The Balaban J connectivity index is 2.79. The van der Waals surface area contributed by atoms with E-state index < -0.39 is 0 Å². The van der Waals surface area contributed by atoms with Crippen LogP contribution in [0, 0.1) is 0 Å². The van der Waals surface area contributed by atoms with E-state index in [0.29, 0.717) is 23.2 Å². The Labute approximate surface area is 71.1 Å². The van der Waals surface area contributed by atoms with Gasteiger partial charge in [-0.1, -0.05) is 12.1 Å². The van der Waals surface area contributed by atoms with Crippen LogP contribution in [0.4, 0.5) is 11.4 Å². The first kappa shape index (κ1) is 8.83. The SMILES string of the molecule is CCON(O)c1ccccc1N. The summed E-state index contributed by atoms with van der Waals surface area (Å²) in [6, 6.07) is 6.93. The lowest BCUT2D eigenvalue weighted by Gasteiger charge is -2.16. The van der Waals surface area contributed by atoms with E-state index in [9.17, 15) is 5.21 Å². The third-order valence-electron chi connectivity index (χ3n) is 1.39. The molecule has 0 aliphatic rings. The largest absolute Gasteiger partial charge is 0.397 e. The van der Waals surface area contributed by atoms with Gasteiger partial charge in [0.05, 0.1) is 12.3 Å². The van der Waals surface area contributed by atoms with Crippen molar-refractivity contribution in [1.29, 1.82) is 0 Å². The van der Waals surface area contributed by atoms with Crippen LogP contribution >= 0.6 is 0 Å². The van der Waals surface area contributed by atoms with Crippen molar-refractivity contribution in [2.45, 2.75) is 6.92 Å². The summed E-state index contributed by atoms with van der Waals surface area (Å²) >= 11 is 0. The average molecular weight is 168 g/mol. The molecule has 0 saturated heterocycles. The Morgan fingerprint density at radius 3 is 2.75 bits per heavy atom. The Kier molecular flexibility index (Phi) is 2.90. The molecule has 0 bridgehead atoms. The van der Waals surface area contributed by atoms with Crippen molar-refractivity contribution >= 4 is 11.4 Å². The monoisotopic (exact) mass is 168 g/mol. The number of hydrogen-bond donors (Lipinski definition) is 2. The highest BCUT2D eigenvalue weighted by molar-refractivity contribution is 5.64. The van der Waals surface area contributed by atoms with Crippen LogP contribution in [0.25, 0.3) is 0 Å². The molecule has 0 amide bonds. The maximum atomic E-state index is 9.23. The number of hydrogen-bond acceptors (Lipinski definition) is 4. The summed E-state index contributed by atoms with van der Waals surface area (Å²) in [6.45, 7) is 2.17. The predicted octanol–water partition coefficient (Wildman–Crippen LogP) is 1.42. The number of anilines is 2. The highest BCUT2D eigenvalue weighted by Crippen LogP contribution is 2.20. The first-order valence-corrected chi connectivity index (χ1v) is 3.72. The summed E-state index contributed by atoms with van der Waals surface area (Å²) in [4.78, 5) is 4.82. The third-order valence-corrected chi connectivity index (χ3v) is 1.39. The van der Waals surface area contributed by atoms with Crippen molar-refractivity contribution in [3.05, 3.63) is 24.3 Å². The average Bonchev–Trinajstić information content (AvgIpc) is 2.05. The zero-order valence-corrected chi connectivity index (χ0v) is 6.90. The van der Waals surface area contributed by atoms with Gasteiger partial charge in [0.2, 0.25) is 0 Å². The zero-order chi connectivity index (χ0) is 8.97. The fraction of sp³-hybridized carbons (Fsp3) is 0.250. The van der Waals surface area contributed by atoms with Gasteiger partial charge in [-0.25, -0.2) is 4.84 Å². The lowest BCUT2D eigenvalue weighted by atomic mass is 10.3. The van der Waals surface area contributed by atoms with E-state index in [1.807, 2.05) is 0 Å². The molecular weight excluding hydrogens is 156 g/mol. The molecule has 0 heterocycles. The summed E-state index contributed by atoms with van der Waals surface area (Å²) in [5.41, 5.74) is 6.51. The smallest absolute Gasteiger partial charge is 0.117 e. The molecule has 0 aromatic heterocycles. The molecule has 0 unspecified atom stereocenters. The van der Waals surface area contributed by atoms with Gasteiger partial charge in [-0.15, -0.1) is 5.23 Å². The van der Waals surface area contributed by atoms with Crippen molar-refractivity contribution in [2.24, 2.45) is 0 Å². The molecule has 1 aromatic rings. The molecule has 66 valence electrons. The van der Waals surface area contributed by atoms with Gasteiger partial charge < -0.3 is 5.73 Å². The molecule has 1 aromatic carbocycles. The van der Waals surface area contributed by atoms with Crippen LogP contribution in [-0.4, -0.2) is 11.8 Å². The van der Waals surface area contributed by atoms with Crippen LogP contribution in [0.5, 0.6) is 0 Å². The van der Waals surface area contributed by atoms with E-state index >= 15 is 0 Å². The van der Waals surface area contributed by atoms with Gasteiger partial charge in [-0.3, -0.25) is 5.21 Å². The number of nitrogens with zero attached hydrogens (tertiary/aromatic N) is 1. The van der Waals surface area contributed by atoms with E-state index in [0.717, 1.165) is 0 Å². The second-order valence-corrected chi connectivity index (χ2v) is 2.25. The van der Waals surface area contributed by atoms with Crippen LogP contribution in [-0.2, 0) is 4.84 Å². The Bertz CT molecular complexity index is 253. The highest BCUT2D eigenvalue weighted by atomic mass is 16.9. The normalized spacial score (nSPS) is 9.83. The molecule has 12 heavy (non-hydrogen) atoms. The summed E-state index contributed by atoms with van der Waals surface area (Å²) in [7, 11) is 0. The molecular formula is C8H12N2O2. The van der Waals surface area contributed by atoms with Crippen LogP contribution in [0.2, 0.25) is 0 Å². The molecule has 1 rings (SSSR count). The fourth-order valence-electron chi connectivity index (χ4n) is 0.854. The molecule has 0 radical (unpaired) electrons. The second kappa shape index (κ2) is 3.94. The Hall–Kier alpha value is -1.26. The Morgan fingerprint density at radius 2 is 2.17 bits per heavy atom. The lowest BCUT2D eigenvalue weighted by molar-refractivity contribution is -0.0349. The summed E-state index contributed by atoms with van der Waals surface area (Å²) in [6.07, 6.45) is 0. The number of nitrogens with two attached hydrogens (primary N) is 1. The minimum absolute atomic E-state index is 0.394. The highest BCUT2D eigenvalue weighted by Gasteiger charge is 2.04. The van der Waals surface area contributed by atoms with Gasteiger partial charge in [0, 0.05) is 0 Å². The molecule has 3 N–H and O–H groups in total. The van der Waals surface area contributed by atoms with Crippen molar-refractivity contribution in [3.8, 4) is 0 Å². The lowest BCUT2D eigenvalue weighted by Crippen LogP contribution is -2.19. The van der Waals surface area contributed by atoms with E-state index in [1.54, 1.807) is 31.2 Å². The summed E-state index contributed by atoms with van der Waals surface area (Å²) in [5.74, 6) is 0. The van der Waals surface area contributed by atoms with Gasteiger partial charge in [-0.05, 0) is 19.1 Å². The van der Waals surface area contributed by atoms with Gasteiger partial charge in [-0.2, -0.15) is 0 Å². The zero-order valence-electron chi connectivity index (χ0n) is 6.90. The molecule has 0 fully saturated rings. The predicted molar refractivity (Wildman–Crippen MR) is 46.7 cm³/mol. The summed E-state index contributed by atoms with van der Waals surface area (Å²) in [5, 5.41) is 9.91. The first-order valence-electron chi connectivity index (χ1n) is 3.72. The van der Waals surface area contributed by atoms with E-state index in [1.165, 1.54) is 0 Å². The minimum atomic E-state index is 0.394. The van der Waals surface area contributed by atoms with Gasteiger partial charge in [0.25, 0.3) is 0 Å². The van der Waals surface area contributed by atoms with Crippen molar-refractivity contribution in [3.63, 3.8) is 0 Å². The van der Waals surface area contributed by atoms with Crippen LogP contribution < -0.4 is 11.0 Å². The minimum Gasteiger partial charge on any atom is -0.397 e. The molecule has 0 aliphatic heterocycles. The molecule has 0 atom stereocenters. The van der Waals surface area contributed by atoms with E-state index in [4.69, 9.17) is 10.6 Å². The third kappa shape index (κ3) is 1.87. The number of benzene rings is 1. The second-order valence-electron chi connectivity index (χ2n) is 2.25. The van der Waals surface area contributed by atoms with Gasteiger partial charge in [0.15, 0.2) is 0 Å². The van der Waals surface area contributed by atoms with Crippen molar-refractivity contribution in [2.75, 3.05) is 17.6 Å². The molecule has 4 heteroatoms.